The fourth-order valence-corrected chi connectivity index (χ4v) is 7.57. The van der Waals surface area contributed by atoms with Crippen LogP contribution in [0.1, 0.15) is 94.7 Å². The number of thiophene rings is 1. The summed E-state index contributed by atoms with van der Waals surface area (Å²) in [6, 6.07) is -9.09. The standard InChI is InChI=1S/C46H79N17O15S/c1-23(57-45(78)36(25(3)66)63-41(74)29(14-15-32(49)67)59-38(71)26(48)10-4-6-16-47)37(70)58-28(12-8-18-54-46(51)52)39(72)60-27(11-5-7-17-53-43(76)31-13-9-19-79-31)40(73)61-30(22-64)42(75)62-35(24(2)65)44(77)56-21-34(69)55-20-33(50)68/h9,13,19,23-30,35-36,64-66H,4-8,10-12,14-18,20-22,47-48H2,1-3H3,(H2,49,67)(H2,50,68)(H,53,76)(H,55,69)(H,56,77)(H,57,78)(H,58,70)(H,59,71)(H,60,72)(H,61,73)(H,62,75)(H,63,74)(H4,51,52,54)/t23-,24+,25+,26-,27-,28-,29-,30-,35-,36-/m0/s1. The van der Waals surface area contributed by atoms with Gasteiger partial charge < -0.3 is 103 Å². The third kappa shape index (κ3) is 28.0. The van der Waals surface area contributed by atoms with Crippen molar-refractivity contribution in [3.8, 4) is 0 Å². The zero-order valence-electron chi connectivity index (χ0n) is 44.4. The van der Waals surface area contributed by atoms with E-state index in [-0.39, 0.29) is 76.3 Å². The van der Waals surface area contributed by atoms with Crippen LogP contribution in [0.2, 0.25) is 0 Å². The molecule has 0 saturated heterocycles. The Morgan fingerprint density at radius 3 is 1.65 bits per heavy atom. The fraction of sp³-hybridized carbons (Fsp3) is 0.630. The first-order valence-electron chi connectivity index (χ1n) is 25.3. The molecule has 10 atom stereocenters. The summed E-state index contributed by atoms with van der Waals surface area (Å²) in [6.45, 7) is 1.58. The maximum absolute atomic E-state index is 14.2. The number of nitrogens with zero attached hydrogens (tertiary/aromatic N) is 1. The predicted molar refractivity (Wildman–Crippen MR) is 285 cm³/mol. The summed E-state index contributed by atoms with van der Waals surface area (Å²) in [5, 5.41) is 56.4. The number of amides is 12. The summed E-state index contributed by atoms with van der Waals surface area (Å²) >= 11 is 1.21. The highest BCUT2D eigenvalue weighted by Crippen LogP contribution is 2.10. The molecule has 1 heterocycles. The minimum absolute atomic E-state index is 0.0445. The van der Waals surface area contributed by atoms with Crippen molar-refractivity contribution < 1.29 is 72.9 Å². The number of guanidine groups is 1. The van der Waals surface area contributed by atoms with Gasteiger partial charge in [0.1, 0.15) is 42.3 Å². The van der Waals surface area contributed by atoms with Gasteiger partial charge in [-0.1, -0.05) is 12.5 Å². The summed E-state index contributed by atoms with van der Waals surface area (Å²) in [4.78, 5) is 160. The molecule has 0 unspecified atom stereocenters. The van der Waals surface area contributed by atoms with E-state index in [1.807, 2.05) is 0 Å². The lowest BCUT2D eigenvalue weighted by Crippen LogP contribution is -2.61. The van der Waals surface area contributed by atoms with Crippen LogP contribution in [0, 0.1) is 0 Å². The molecule has 25 N–H and O–H groups in total. The molecule has 79 heavy (non-hydrogen) atoms. The largest absolute Gasteiger partial charge is 0.394 e. The van der Waals surface area contributed by atoms with E-state index in [9.17, 15) is 72.9 Å². The van der Waals surface area contributed by atoms with Crippen LogP contribution in [0.3, 0.4) is 0 Å². The zero-order chi connectivity index (χ0) is 59.8. The monoisotopic (exact) mass is 1140 g/mol. The van der Waals surface area contributed by atoms with E-state index in [1.165, 1.54) is 18.3 Å². The van der Waals surface area contributed by atoms with Crippen LogP contribution in [0.25, 0.3) is 0 Å². The summed E-state index contributed by atoms with van der Waals surface area (Å²) in [5.41, 5.74) is 32.7. The van der Waals surface area contributed by atoms with Crippen molar-refractivity contribution in [2.45, 2.75) is 146 Å². The van der Waals surface area contributed by atoms with Crippen LogP contribution in [0.5, 0.6) is 0 Å². The Bertz CT molecular complexity index is 2230. The predicted octanol–water partition coefficient (Wildman–Crippen LogP) is -8.69. The van der Waals surface area contributed by atoms with Gasteiger partial charge in [0.15, 0.2) is 5.96 Å². The van der Waals surface area contributed by atoms with Crippen LogP contribution >= 0.6 is 11.3 Å². The Balaban J connectivity index is 3.40. The smallest absolute Gasteiger partial charge is 0.261 e. The second-order valence-corrected chi connectivity index (χ2v) is 19.1. The van der Waals surface area contributed by atoms with Crippen molar-refractivity contribution in [1.82, 2.24) is 53.2 Å². The second kappa shape index (κ2) is 37.3. The summed E-state index contributed by atoms with van der Waals surface area (Å²) in [7, 11) is 0. The Labute approximate surface area is 459 Å². The van der Waals surface area contributed by atoms with E-state index < -0.39 is 145 Å². The van der Waals surface area contributed by atoms with Gasteiger partial charge in [-0.25, -0.2) is 0 Å². The first-order chi connectivity index (χ1) is 37.2. The highest BCUT2D eigenvalue weighted by Gasteiger charge is 2.35. The molecule has 0 saturated carbocycles. The molecule has 1 aromatic heterocycles. The van der Waals surface area contributed by atoms with Crippen LogP contribution < -0.4 is 87.6 Å². The molecule has 32 nitrogen and oxygen atoms in total. The lowest BCUT2D eigenvalue weighted by atomic mass is 10.0. The van der Waals surface area contributed by atoms with Crippen LogP contribution in [-0.2, 0) is 52.7 Å². The molecule has 444 valence electrons. The molecular weight excluding hydrogens is 1060 g/mol. The normalized spacial score (nSPS) is 14.7. The average molecular weight is 1140 g/mol. The van der Waals surface area contributed by atoms with Crippen molar-refractivity contribution in [3.63, 3.8) is 0 Å². The third-order valence-electron chi connectivity index (χ3n) is 11.4. The van der Waals surface area contributed by atoms with E-state index in [4.69, 9.17) is 34.4 Å². The number of nitrogens with one attached hydrogen (secondary N) is 10. The summed E-state index contributed by atoms with van der Waals surface area (Å²) in [5.74, 6) is -11.4. The number of aliphatic imine (C=N–C) groups is 1. The van der Waals surface area contributed by atoms with Gasteiger partial charge >= 0.3 is 0 Å². The lowest BCUT2D eigenvalue weighted by molar-refractivity contribution is -0.137. The fourth-order valence-electron chi connectivity index (χ4n) is 6.93. The van der Waals surface area contributed by atoms with Gasteiger partial charge in [0.2, 0.25) is 65.0 Å². The van der Waals surface area contributed by atoms with Gasteiger partial charge in [0.25, 0.3) is 5.91 Å². The molecule has 0 fully saturated rings. The van der Waals surface area contributed by atoms with Crippen molar-refractivity contribution in [2.75, 3.05) is 39.3 Å². The van der Waals surface area contributed by atoms with Gasteiger partial charge in [-0.15, -0.1) is 11.3 Å². The quantitative estimate of drug-likeness (QED) is 0.0165. The number of unbranched alkanes of at least 4 members (excludes halogenated alkanes) is 2. The van der Waals surface area contributed by atoms with E-state index in [1.54, 1.807) is 17.5 Å². The van der Waals surface area contributed by atoms with E-state index in [0.29, 0.717) is 24.3 Å². The third-order valence-corrected chi connectivity index (χ3v) is 12.2. The number of hydrogen-bond donors (Lipinski definition) is 19. The van der Waals surface area contributed by atoms with Gasteiger partial charge in [-0.3, -0.25) is 62.5 Å². The maximum Gasteiger partial charge on any atom is 0.261 e. The molecule has 0 aliphatic rings. The number of hydrogen-bond acceptors (Lipinski definition) is 19. The van der Waals surface area contributed by atoms with Crippen molar-refractivity contribution in [1.29, 1.82) is 0 Å². The Kier molecular flexibility index (Phi) is 32.7. The Hall–Kier alpha value is -7.59. The van der Waals surface area contributed by atoms with Crippen molar-refractivity contribution in [2.24, 2.45) is 39.4 Å². The Morgan fingerprint density at radius 1 is 0.570 bits per heavy atom. The SMILES string of the molecule is C[C@H](NC(=O)[C@@H](NC(=O)[C@H](CCC(N)=O)NC(=O)[C@@H](N)CCCCN)[C@@H](C)O)C(=O)N[C@@H](CCCN=C(N)N)C(=O)N[C@@H](CCCCNC(=O)c1cccs1)C(=O)N[C@@H](CO)C(=O)N[C@H](C(=O)NCC(=O)NCC(N)=O)[C@@H](C)O. The highest BCUT2D eigenvalue weighted by molar-refractivity contribution is 7.12. The topological polar surface area (TPSA) is 554 Å². The molecule has 0 spiro atoms. The number of carbonyl (C=O) groups excluding carboxylic acids is 12. The van der Waals surface area contributed by atoms with Gasteiger partial charge in [0.05, 0.1) is 42.8 Å². The van der Waals surface area contributed by atoms with E-state index in [2.05, 4.69) is 58.2 Å². The van der Waals surface area contributed by atoms with Crippen LogP contribution in [-0.4, -0.2) is 192 Å². The highest BCUT2D eigenvalue weighted by atomic mass is 32.1. The molecule has 0 aliphatic heterocycles. The number of nitrogens with two attached hydrogens (primary N) is 6. The molecule has 12 amide bonds. The van der Waals surface area contributed by atoms with E-state index in [0.717, 1.165) is 13.8 Å². The first-order valence-corrected chi connectivity index (χ1v) is 26.1. The molecule has 0 bridgehead atoms. The van der Waals surface area contributed by atoms with Crippen molar-refractivity contribution >= 4 is 88.2 Å². The number of aliphatic hydroxyl groups excluding tert-OH is 3. The molecular formula is C46H79N17O15S. The number of aliphatic hydroxyl groups is 3. The van der Waals surface area contributed by atoms with Crippen LogP contribution in [0.4, 0.5) is 0 Å². The van der Waals surface area contributed by atoms with E-state index >= 15 is 0 Å². The van der Waals surface area contributed by atoms with Gasteiger partial charge in [-0.2, -0.15) is 0 Å². The van der Waals surface area contributed by atoms with Crippen LogP contribution in [0.15, 0.2) is 22.5 Å². The lowest BCUT2D eigenvalue weighted by Gasteiger charge is -2.28. The first kappa shape index (κ1) is 69.4. The number of carbonyl (C=O) groups is 12. The molecule has 0 aliphatic carbocycles. The molecule has 0 radical (unpaired) electrons. The number of primary amides is 2. The molecule has 1 rings (SSSR count). The summed E-state index contributed by atoms with van der Waals surface area (Å²) < 4.78 is 0. The minimum Gasteiger partial charge on any atom is -0.394 e. The van der Waals surface area contributed by atoms with Crippen molar-refractivity contribution in [3.05, 3.63) is 22.4 Å². The average Bonchev–Trinajstić information content (AvgIpc) is 3.94. The maximum atomic E-state index is 14.2. The van der Waals surface area contributed by atoms with Gasteiger partial charge in [0, 0.05) is 19.5 Å². The molecule has 1 aromatic rings. The summed E-state index contributed by atoms with van der Waals surface area (Å²) in [6.07, 6.45) is -2.53. The minimum atomic E-state index is -1.82. The Morgan fingerprint density at radius 2 is 1.10 bits per heavy atom. The zero-order valence-corrected chi connectivity index (χ0v) is 45.2. The number of rotatable bonds is 39. The second-order valence-electron chi connectivity index (χ2n) is 18.1. The molecule has 0 aromatic carbocycles. The molecule has 33 heteroatoms. The van der Waals surface area contributed by atoms with Gasteiger partial charge in [-0.05, 0) is 90.1 Å².